The van der Waals surface area contributed by atoms with Crippen molar-refractivity contribution in [1.82, 2.24) is 4.90 Å². The molecule has 0 bridgehead atoms. The van der Waals surface area contributed by atoms with Gasteiger partial charge in [-0.1, -0.05) is 42.5 Å². The number of amides is 2. The van der Waals surface area contributed by atoms with Crippen LogP contribution in [0.3, 0.4) is 0 Å². The van der Waals surface area contributed by atoms with Crippen molar-refractivity contribution in [2.24, 2.45) is 5.92 Å². The number of nitrogens with zero attached hydrogens (tertiary/aromatic N) is 1. The van der Waals surface area contributed by atoms with Gasteiger partial charge in [-0.3, -0.25) is 9.59 Å². The lowest BCUT2D eigenvalue weighted by molar-refractivity contribution is -0.140. The van der Waals surface area contributed by atoms with Gasteiger partial charge in [0.25, 0.3) is 0 Å². The maximum atomic E-state index is 12.8. The third-order valence-electron chi connectivity index (χ3n) is 4.50. The van der Waals surface area contributed by atoms with Gasteiger partial charge in [-0.05, 0) is 24.1 Å². The molecule has 1 aliphatic heterocycles. The molecule has 0 radical (unpaired) electrons. The zero-order valence-electron chi connectivity index (χ0n) is 13.5. The lowest BCUT2D eigenvalue weighted by Gasteiger charge is -2.38. The van der Waals surface area contributed by atoms with Crippen LogP contribution in [0, 0.1) is 5.92 Å². The molecule has 1 heterocycles. The number of nitrogens with one attached hydrogen (secondary N) is 1. The Kier molecular flexibility index (Phi) is 4.51. The molecule has 2 N–H and O–H groups in total. The number of phenols is 1. The molecular weight excluding hydrogens is 304 g/mol. The highest BCUT2D eigenvalue weighted by Gasteiger charge is 2.38. The minimum atomic E-state index is -0.366. The number of hydrogen-bond acceptors (Lipinski definition) is 3. The summed E-state index contributed by atoms with van der Waals surface area (Å²) in [5.41, 5.74) is 1.32. The second kappa shape index (κ2) is 6.74. The van der Waals surface area contributed by atoms with Crippen molar-refractivity contribution in [1.29, 1.82) is 0 Å². The van der Waals surface area contributed by atoms with Crippen LogP contribution in [-0.2, 0) is 9.59 Å². The normalized spacial score (nSPS) is 20.7. The van der Waals surface area contributed by atoms with Gasteiger partial charge >= 0.3 is 0 Å². The Labute approximate surface area is 140 Å². The number of para-hydroxylation sites is 2. The van der Waals surface area contributed by atoms with Crippen LogP contribution >= 0.6 is 0 Å². The van der Waals surface area contributed by atoms with Gasteiger partial charge in [0.2, 0.25) is 11.8 Å². The number of rotatable bonds is 3. The summed E-state index contributed by atoms with van der Waals surface area (Å²) in [6.45, 7) is 0. The van der Waals surface area contributed by atoms with E-state index in [1.807, 2.05) is 30.3 Å². The molecule has 1 saturated heterocycles. The summed E-state index contributed by atoms with van der Waals surface area (Å²) in [6.07, 6.45) is 0.834. The van der Waals surface area contributed by atoms with Crippen molar-refractivity contribution in [2.45, 2.75) is 18.9 Å². The molecule has 0 aliphatic carbocycles. The van der Waals surface area contributed by atoms with E-state index < -0.39 is 0 Å². The molecule has 1 fully saturated rings. The quantitative estimate of drug-likeness (QED) is 0.853. The minimum absolute atomic E-state index is 0.0300. The van der Waals surface area contributed by atoms with Gasteiger partial charge in [-0.15, -0.1) is 0 Å². The third-order valence-corrected chi connectivity index (χ3v) is 4.50. The molecule has 2 amide bonds. The predicted molar refractivity (Wildman–Crippen MR) is 91.4 cm³/mol. The Hall–Kier alpha value is -2.82. The lowest BCUT2D eigenvalue weighted by Crippen LogP contribution is -2.44. The molecule has 124 valence electrons. The second-order valence-corrected chi connectivity index (χ2v) is 6.01. The van der Waals surface area contributed by atoms with Gasteiger partial charge in [-0.2, -0.15) is 0 Å². The molecule has 24 heavy (non-hydrogen) atoms. The van der Waals surface area contributed by atoms with E-state index >= 15 is 0 Å². The summed E-state index contributed by atoms with van der Waals surface area (Å²) in [7, 11) is 1.74. The molecule has 0 spiro atoms. The van der Waals surface area contributed by atoms with E-state index in [0.29, 0.717) is 18.5 Å². The Bertz CT molecular complexity index is 745. The maximum absolute atomic E-state index is 12.8. The summed E-state index contributed by atoms with van der Waals surface area (Å²) in [5, 5.41) is 12.6. The Morgan fingerprint density at radius 2 is 1.79 bits per heavy atom. The van der Waals surface area contributed by atoms with Crippen LogP contribution in [0.2, 0.25) is 0 Å². The number of carbonyl (C=O) groups is 2. The molecule has 3 rings (SSSR count). The van der Waals surface area contributed by atoms with Gasteiger partial charge in [0, 0.05) is 13.5 Å². The van der Waals surface area contributed by atoms with Crippen LogP contribution in [0.5, 0.6) is 5.75 Å². The van der Waals surface area contributed by atoms with Crippen LogP contribution in [0.15, 0.2) is 54.6 Å². The highest BCUT2D eigenvalue weighted by Crippen LogP contribution is 2.36. The summed E-state index contributed by atoms with van der Waals surface area (Å²) in [4.78, 5) is 26.6. The average Bonchev–Trinajstić information content (AvgIpc) is 2.60. The highest BCUT2D eigenvalue weighted by atomic mass is 16.3. The van der Waals surface area contributed by atoms with Crippen LogP contribution in [0.4, 0.5) is 5.69 Å². The Balaban J connectivity index is 1.88. The fourth-order valence-corrected chi connectivity index (χ4v) is 3.22. The van der Waals surface area contributed by atoms with Gasteiger partial charge in [-0.25, -0.2) is 0 Å². The number of anilines is 1. The molecule has 2 aromatic carbocycles. The number of benzene rings is 2. The first-order chi connectivity index (χ1) is 11.6. The van der Waals surface area contributed by atoms with Gasteiger partial charge < -0.3 is 15.3 Å². The van der Waals surface area contributed by atoms with Crippen molar-refractivity contribution < 1.29 is 14.7 Å². The third kappa shape index (κ3) is 3.11. The molecule has 1 aliphatic rings. The zero-order valence-corrected chi connectivity index (χ0v) is 13.5. The molecule has 5 heteroatoms. The number of phenolic OH excluding ortho intramolecular Hbond substituents is 1. The van der Waals surface area contributed by atoms with Crippen molar-refractivity contribution in [3.63, 3.8) is 0 Å². The maximum Gasteiger partial charge on any atom is 0.230 e. The molecule has 5 nitrogen and oxygen atoms in total. The first-order valence-electron chi connectivity index (χ1n) is 7.97. The fourth-order valence-electron chi connectivity index (χ4n) is 3.22. The van der Waals surface area contributed by atoms with E-state index in [-0.39, 0.29) is 29.5 Å². The number of carbonyl (C=O) groups excluding carboxylic acids is 2. The van der Waals surface area contributed by atoms with Gasteiger partial charge in [0.15, 0.2) is 0 Å². The summed E-state index contributed by atoms with van der Waals surface area (Å²) < 4.78 is 0. The summed E-state index contributed by atoms with van der Waals surface area (Å²) in [5.74, 6) is -0.489. The summed E-state index contributed by atoms with van der Waals surface area (Å²) in [6, 6.07) is 15.9. The van der Waals surface area contributed by atoms with Crippen LogP contribution < -0.4 is 5.32 Å². The van der Waals surface area contributed by atoms with E-state index in [9.17, 15) is 14.7 Å². The Morgan fingerprint density at radius 3 is 2.50 bits per heavy atom. The van der Waals surface area contributed by atoms with Gasteiger partial charge in [0.1, 0.15) is 5.75 Å². The largest absolute Gasteiger partial charge is 0.506 e. The smallest absolute Gasteiger partial charge is 0.230 e. The number of aromatic hydroxyl groups is 1. The fraction of sp³-hybridized carbons (Fsp3) is 0.263. The zero-order chi connectivity index (χ0) is 17.1. The van der Waals surface area contributed by atoms with Crippen LogP contribution in [-0.4, -0.2) is 28.9 Å². The number of likely N-dealkylation sites (tertiary alicyclic amines) is 1. The van der Waals surface area contributed by atoms with E-state index in [0.717, 1.165) is 5.56 Å². The molecule has 2 atom stereocenters. The number of piperidine rings is 1. The first-order valence-corrected chi connectivity index (χ1v) is 7.97. The van der Waals surface area contributed by atoms with Crippen molar-refractivity contribution in [2.75, 3.05) is 12.4 Å². The molecule has 2 aromatic rings. The van der Waals surface area contributed by atoms with E-state index in [4.69, 9.17) is 0 Å². The van der Waals surface area contributed by atoms with Crippen molar-refractivity contribution in [3.8, 4) is 5.75 Å². The molecule has 0 saturated carbocycles. The molecular formula is C19H20N2O3. The SMILES string of the molecule is CN1C(=O)CC[C@H](C(=O)Nc2ccccc2O)[C@@H]1c1ccccc1. The van der Waals surface area contributed by atoms with E-state index in [2.05, 4.69) is 5.32 Å². The topological polar surface area (TPSA) is 69.6 Å². The van der Waals surface area contributed by atoms with Gasteiger partial charge in [0.05, 0.1) is 17.6 Å². The van der Waals surface area contributed by atoms with E-state index in [1.54, 1.807) is 30.1 Å². The van der Waals surface area contributed by atoms with Crippen LogP contribution in [0.1, 0.15) is 24.4 Å². The average molecular weight is 324 g/mol. The predicted octanol–water partition coefficient (Wildman–Crippen LogP) is 2.94. The standard InChI is InChI=1S/C19H20N2O3/c1-21-17(23)12-11-14(18(21)13-7-3-2-4-8-13)19(24)20-15-9-5-6-10-16(15)22/h2-10,14,18,22H,11-12H2,1H3,(H,20,24)/t14-,18-/m0/s1. The second-order valence-electron chi connectivity index (χ2n) is 6.01. The van der Waals surface area contributed by atoms with Crippen LogP contribution in [0.25, 0.3) is 0 Å². The highest BCUT2D eigenvalue weighted by molar-refractivity contribution is 5.95. The van der Waals surface area contributed by atoms with E-state index in [1.165, 1.54) is 6.07 Å². The minimum Gasteiger partial charge on any atom is -0.506 e. The van der Waals surface area contributed by atoms with Crippen molar-refractivity contribution in [3.05, 3.63) is 60.2 Å². The molecule has 0 aromatic heterocycles. The monoisotopic (exact) mass is 324 g/mol. The van der Waals surface area contributed by atoms with Crippen molar-refractivity contribution >= 4 is 17.5 Å². The summed E-state index contributed by atoms with van der Waals surface area (Å²) >= 11 is 0. The lowest BCUT2D eigenvalue weighted by atomic mass is 9.84. The first kappa shape index (κ1) is 16.1. The Morgan fingerprint density at radius 1 is 1.12 bits per heavy atom. The molecule has 0 unspecified atom stereocenters. The number of hydrogen-bond donors (Lipinski definition) is 2.